The predicted octanol–water partition coefficient (Wildman–Crippen LogP) is 3.00. The van der Waals surface area contributed by atoms with Gasteiger partial charge >= 0.3 is 6.61 Å². The van der Waals surface area contributed by atoms with E-state index in [2.05, 4.69) is 10.1 Å². The fourth-order valence-corrected chi connectivity index (χ4v) is 2.89. The van der Waals surface area contributed by atoms with E-state index in [-0.39, 0.29) is 18.3 Å². The Labute approximate surface area is 143 Å². The number of hydrogen-bond donors (Lipinski definition) is 2. The molecule has 0 aromatic heterocycles. The summed E-state index contributed by atoms with van der Waals surface area (Å²) >= 11 is 0. The molecule has 0 bridgehead atoms. The van der Waals surface area contributed by atoms with Crippen LogP contribution in [0.4, 0.5) is 20.2 Å². The van der Waals surface area contributed by atoms with E-state index in [4.69, 9.17) is 0 Å². The minimum Gasteiger partial charge on any atom is -0.433 e. The Bertz CT molecular complexity index is 755. The Kier molecular flexibility index (Phi) is 5.14. The molecule has 2 N–H and O–H groups in total. The number of amides is 1. The van der Waals surface area contributed by atoms with Crippen LogP contribution in [0.15, 0.2) is 48.5 Å². The molecule has 0 saturated carbocycles. The van der Waals surface area contributed by atoms with Crippen molar-refractivity contribution in [3.63, 3.8) is 0 Å². The van der Waals surface area contributed by atoms with E-state index in [1.807, 2.05) is 6.07 Å². The number of nitrogens with zero attached hydrogens (tertiary/aromatic N) is 1. The van der Waals surface area contributed by atoms with Gasteiger partial charge in [0.2, 0.25) is 5.91 Å². The van der Waals surface area contributed by atoms with Crippen LogP contribution in [0.5, 0.6) is 5.75 Å². The topological polar surface area (TPSA) is 61.8 Å². The van der Waals surface area contributed by atoms with Gasteiger partial charge in [0.05, 0.1) is 12.3 Å². The number of alkyl halides is 2. The SMILES string of the molecule is O=C1C(Nc2cccc(CO)c2)CCN1c1ccccc1OC(F)F. The molecule has 1 aliphatic rings. The molecule has 0 spiro atoms. The highest BCUT2D eigenvalue weighted by Gasteiger charge is 2.34. The van der Waals surface area contributed by atoms with Gasteiger partial charge in [-0.1, -0.05) is 24.3 Å². The standard InChI is InChI=1S/C18H18F2N2O3/c19-18(20)25-16-7-2-1-6-15(16)22-9-8-14(17(22)24)21-13-5-3-4-12(10-13)11-23/h1-7,10,14,18,21,23H,8-9,11H2. The number of nitrogens with one attached hydrogen (secondary N) is 1. The van der Waals surface area contributed by atoms with Crippen molar-refractivity contribution in [1.29, 1.82) is 0 Å². The van der Waals surface area contributed by atoms with E-state index in [0.29, 0.717) is 18.7 Å². The average Bonchev–Trinajstić information content (AvgIpc) is 2.96. The number of halogens is 2. The Hall–Kier alpha value is -2.67. The van der Waals surface area contributed by atoms with Gasteiger partial charge in [0.25, 0.3) is 0 Å². The first-order chi connectivity index (χ1) is 12.1. The number of hydrogen-bond acceptors (Lipinski definition) is 4. The number of benzene rings is 2. The summed E-state index contributed by atoms with van der Waals surface area (Å²) in [4.78, 5) is 14.1. The Morgan fingerprint density at radius 3 is 2.80 bits per heavy atom. The summed E-state index contributed by atoms with van der Waals surface area (Å²) in [7, 11) is 0. The number of ether oxygens (including phenoxy) is 1. The fraction of sp³-hybridized carbons (Fsp3) is 0.278. The summed E-state index contributed by atoms with van der Waals surface area (Å²) < 4.78 is 29.6. The van der Waals surface area contributed by atoms with Crippen LogP contribution in [0.25, 0.3) is 0 Å². The molecule has 132 valence electrons. The van der Waals surface area contributed by atoms with Crippen molar-refractivity contribution in [3.8, 4) is 5.75 Å². The van der Waals surface area contributed by atoms with Crippen molar-refractivity contribution in [2.75, 3.05) is 16.8 Å². The molecule has 7 heteroatoms. The molecule has 3 rings (SSSR count). The molecule has 0 aliphatic carbocycles. The van der Waals surface area contributed by atoms with Gasteiger partial charge in [-0.3, -0.25) is 4.79 Å². The minimum atomic E-state index is -2.95. The van der Waals surface area contributed by atoms with Crippen LogP contribution >= 0.6 is 0 Å². The normalized spacial score (nSPS) is 17.2. The molecular weight excluding hydrogens is 330 g/mol. The summed E-state index contributed by atoms with van der Waals surface area (Å²) in [6, 6.07) is 12.9. The molecular formula is C18H18F2N2O3. The lowest BCUT2D eigenvalue weighted by molar-refractivity contribution is -0.117. The number of anilines is 2. The fourth-order valence-electron chi connectivity index (χ4n) is 2.89. The zero-order chi connectivity index (χ0) is 17.8. The summed E-state index contributed by atoms with van der Waals surface area (Å²) in [6.45, 7) is -2.63. The third-order valence-electron chi connectivity index (χ3n) is 4.03. The van der Waals surface area contributed by atoms with Crippen LogP contribution in [0.2, 0.25) is 0 Å². The van der Waals surface area contributed by atoms with Gasteiger partial charge in [0.15, 0.2) is 0 Å². The number of rotatable bonds is 6. The highest BCUT2D eigenvalue weighted by atomic mass is 19.3. The van der Waals surface area contributed by atoms with E-state index in [9.17, 15) is 18.7 Å². The first-order valence-corrected chi connectivity index (χ1v) is 7.90. The van der Waals surface area contributed by atoms with Crippen molar-refractivity contribution < 1.29 is 23.4 Å². The molecule has 1 unspecified atom stereocenters. The summed E-state index contributed by atoms with van der Waals surface area (Å²) in [5.74, 6) is -0.228. The molecule has 25 heavy (non-hydrogen) atoms. The van der Waals surface area contributed by atoms with E-state index in [1.54, 1.807) is 36.4 Å². The van der Waals surface area contributed by atoms with E-state index < -0.39 is 12.7 Å². The molecule has 2 aromatic carbocycles. The second-order valence-electron chi connectivity index (χ2n) is 5.68. The third-order valence-corrected chi connectivity index (χ3v) is 4.03. The molecule has 1 saturated heterocycles. The van der Waals surface area contributed by atoms with Crippen LogP contribution in [0.3, 0.4) is 0 Å². The van der Waals surface area contributed by atoms with Gasteiger partial charge in [-0.2, -0.15) is 8.78 Å². The Morgan fingerprint density at radius 1 is 1.24 bits per heavy atom. The maximum absolute atomic E-state index is 12.7. The van der Waals surface area contributed by atoms with Gasteiger partial charge in [0, 0.05) is 12.2 Å². The lowest BCUT2D eigenvalue weighted by atomic mass is 10.2. The van der Waals surface area contributed by atoms with Gasteiger partial charge in [0.1, 0.15) is 11.8 Å². The largest absolute Gasteiger partial charge is 0.433 e. The van der Waals surface area contributed by atoms with Crippen molar-refractivity contribution >= 4 is 17.3 Å². The molecule has 1 fully saturated rings. The van der Waals surface area contributed by atoms with Gasteiger partial charge in [-0.25, -0.2) is 0 Å². The van der Waals surface area contributed by atoms with Crippen molar-refractivity contribution in [2.45, 2.75) is 25.7 Å². The summed E-state index contributed by atoms with van der Waals surface area (Å²) in [5.41, 5.74) is 1.80. The first-order valence-electron chi connectivity index (χ1n) is 7.90. The summed E-state index contributed by atoms with van der Waals surface area (Å²) in [5, 5.41) is 12.3. The molecule has 5 nitrogen and oxygen atoms in total. The molecule has 0 radical (unpaired) electrons. The quantitative estimate of drug-likeness (QED) is 0.842. The van der Waals surface area contributed by atoms with Crippen molar-refractivity contribution in [1.82, 2.24) is 0 Å². The first kappa shape index (κ1) is 17.2. The second-order valence-corrected chi connectivity index (χ2v) is 5.68. The minimum absolute atomic E-state index is 0.0197. The van der Waals surface area contributed by atoms with Crippen LogP contribution in [-0.4, -0.2) is 30.2 Å². The van der Waals surface area contributed by atoms with Crippen LogP contribution < -0.4 is 15.0 Å². The average molecular weight is 348 g/mol. The molecule has 1 amide bonds. The maximum atomic E-state index is 12.7. The van der Waals surface area contributed by atoms with Gasteiger partial charge < -0.3 is 20.1 Å². The lowest BCUT2D eigenvalue weighted by Crippen LogP contribution is -2.33. The number of carbonyl (C=O) groups is 1. The van der Waals surface area contributed by atoms with Gasteiger partial charge in [-0.05, 0) is 36.2 Å². The highest BCUT2D eigenvalue weighted by Crippen LogP contribution is 2.33. The molecule has 1 aliphatic heterocycles. The number of para-hydroxylation sites is 2. The monoisotopic (exact) mass is 348 g/mol. The lowest BCUT2D eigenvalue weighted by Gasteiger charge is -2.20. The third kappa shape index (κ3) is 3.88. The molecule has 2 aromatic rings. The van der Waals surface area contributed by atoms with E-state index >= 15 is 0 Å². The maximum Gasteiger partial charge on any atom is 0.387 e. The zero-order valence-corrected chi connectivity index (χ0v) is 13.4. The molecule has 1 atom stereocenters. The number of aliphatic hydroxyl groups excluding tert-OH is 1. The Morgan fingerprint density at radius 2 is 2.04 bits per heavy atom. The molecule has 1 heterocycles. The second kappa shape index (κ2) is 7.48. The van der Waals surface area contributed by atoms with E-state index in [1.165, 1.54) is 11.0 Å². The predicted molar refractivity (Wildman–Crippen MR) is 89.8 cm³/mol. The number of carbonyl (C=O) groups excluding carboxylic acids is 1. The smallest absolute Gasteiger partial charge is 0.387 e. The van der Waals surface area contributed by atoms with Gasteiger partial charge in [-0.15, -0.1) is 0 Å². The zero-order valence-electron chi connectivity index (χ0n) is 13.4. The summed E-state index contributed by atoms with van der Waals surface area (Å²) in [6.07, 6.45) is 0.533. The van der Waals surface area contributed by atoms with Crippen LogP contribution in [0.1, 0.15) is 12.0 Å². The number of aliphatic hydroxyl groups is 1. The highest BCUT2D eigenvalue weighted by molar-refractivity contribution is 6.02. The van der Waals surface area contributed by atoms with Crippen molar-refractivity contribution in [3.05, 3.63) is 54.1 Å². The van der Waals surface area contributed by atoms with Crippen molar-refractivity contribution in [2.24, 2.45) is 0 Å². The van der Waals surface area contributed by atoms with Crippen LogP contribution in [-0.2, 0) is 11.4 Å². The van der Waals surface area contributed by atoms with Crippen LogP contribution in [0, 0.1) is 0 Å². The van der Waals surface area contributed by atoms with E-state index in [0.717, 1.165) is 11.3 Å². The Balaban J connectivity index is 1.76.